The summed E-state index contributed by atoms with van der Waals surface area (Å²) in [5.41, 5.74) is 2.46. The first-order chi connectivity index (χ1) is 12.2. The number of nitrogens with zero attached hydrogens (tertiary/aromatic N) is 3. The molecule has 0 saturated carbocycles. The summed E-state index contributed by atoms with van der Waals surface area (Å²) in [6.07, 6.45) is 3.90. The van der Waals surface area contributed by atoms with E-state index >= 15 is 0 Å². The summed E-state index contributed by atoms with van der Waals surface area (Å²) in [5.74, 6) is 0.141. The standard InChI is InChI=1S/C19H26N4O2/c1-2-20-19(25)17-14-23(16-8-4-3-5-9-16)21-18(17)15-7-6-10-22(13-15)11-12-24/h3-5,8-9,14-15,24H,2,6-7,10-13H2,1H3,(H,20,25)/t15-/m1/s1. The van der Waals surface area contributed by atoms with Crippen LogP contribution in [-0.4, -0.2) is 58.5 Å². The number of aromatic nitrogens is 2. The molecule has 3 rings (SSSR count). The van der Waals surface area contributed by atoms with Gasteiger partial charge < -0.3 is 15.3 Å². The van der Waals surface area contributed by atoms with Gasteiger partial charge in [-0.25, -0.2) is 4.68 Å². The second-order valence-electron chi connectivity index (χ2n) is 6.43. The predicted octanol–water partition coefficient (Wildman–Crippen LogP) is 1.79. The van der Waals surface area contributed by atoms with Crippen molar-refractivity contribution in [3.05, 3.63) is 47.8 Å². The van der Waals surface area contributed by atoms with E-state index in [0.717, 1.165) is 37.3 Å². The molecule has 2 N–H and O–H groups in total. The van der Waals surface area contributed by atoms with Crippen LogP contribution in [0.15, 0.2) is 36.5 Å². The summed E-state index contributed by atoms with van der Waals surface area (Å²) >= 11 is 0. The third-order valence-corrected chi connectivity index (χ3v) is 4.65. The summed E-state index contributed by atoms with van der Waals surface area (Å²) < 4.78 is 1.80. The van der Waals surface area contributed by atoms with Crippen molar-refractivity contribution in [2.75, 3.05) is 32.8 Å². The number of benzene rings is 1. The van der Waals surface area contributed by atoms with Crippen LogP contribution in [0.2, 0.25) is 0 Å². The maximum Gasteiger partial charge on any atom is 0.254 e. The van der Waals surface area contributed by atoms with Crippen molar-refractivity contribution < 1.29 is 9.90 Å². The zero-order valence-corrected chi connectivity index (χ0v) is 14.7. The van der Waals surface area contributed by atoms with Crippen LogP contribution in [-0.2, 0) is 0 Å². The lowest BCUT2D eigenvalue weighted by Gasteiger charge is -2.31. The first-order valence-electron chi connectivity index (χ1n) is 8.99. The number of carbonyl (C=O) groups is 1. The van der Waals surface area contributed by atoms with Crippen molar-refractivity contribution in [2.45, 2.75) is 25.7 Å². The Bertz CT molecular complexity index is 697. The number of nitrogens with one attached hydrogen (secondary N) is 1. The molecule has 2 aromatic rings. The Hall–Kier alpha value is -2.18. The molecule has 6 heteroatoms. The smallest absolute Gasteiger partial charge is 0.254 e. The van der Waals surface area contributed by atoms with Gasteiger partial charge in [-0.15, -0.1) is 0 Å². The minimum absolute atomic E-state index is 0.0704. The number of hydrogen-bond donors (Lipinski definition) is 2. The summed E-state index contributed by atoms with van der Waals surface area (Å²) in [6, 6.07) is 9.86. The topological polar surface area (TPSA) is 70.4 Å². The van der Waals surface area contributed by atoms with E-state index in [-0.39, 0.29) is 18.4 Å². The zero-order chi connectivity index (χ0) is 17.6. The Labute approximate surface area is 148 Å². The van der Waals surface area contributed by atoms with Crippen LogP contribution >= 0.6 is 0 Å². The van der Waals surface area contributed by atoms with Crippen LogP contribution in [0.4, 0.5) is 0 Å². The van der Waals surface area contributed by atoms with Crippen LogP contribution in [0.5, 0.6) is 0 Å². The molecule has 134 valence electrons. The predicted molar refractivity (Wildman–Crippen MR) is 97.1 cm³/mol. The highest BCUT2D eigenvalue weighted by Gasteiger charge is 2.28. The second-order valence-corrected chi connectivity index (χ2v) is 6.43. The highest BCUT2D eigenvalue weighted by molar-refractivity contribution is 5.95. The van der Waals surface area contributed by atoms with Gasteiger partial charge in [0.25, 0.3) is 5.91 Å². The second kappa shape index (κ2) is 8.27. The van der Waals surface area contributed by atoms with Gasteiger partial charge in [-0.05, 0) is 38.4 Å². The molecule has 0 radical (unpaired) electrons. The van der Waals surface area contributed by atoms with Crippen molar-refractivity contribution in [3.8, 4) is 5.69 Å². The van der Waals surface area contributed by atoms with Gasteiger partial charge in [0.05, 0.1) is 23.6 Å². The van der Waals surface area contributed by atoms with Gasteiger partial charge in [-0.2, -0.15) is 5.10 Å². The molecule has 1 atom stereocenters. The van der Waals surface area contributed by atoms with Crippen molar-refractivity contribution in [1.29, 1.82) is 0 Å². The zero-order valence-electron chi connectivity index (χ0n) is 14.7. The minimum Gasteiger partial charge on any atom is -0.395 e. The minimum atomic E-state index is -0.0704. The number of para-hydroxylation sites is 1. The van der Waals surface area contributed by atoms with Crippen LogP contribution in [0.1, 0.15) is 41.7 Å². The van der Waals surface area contributed by atoms with Gasteiger partial charge in [0.1, 0.15) is 0 Å². The fourth-order valence-electron chi connectivity index (χ4n) is 3.46. The maximum atomic E-state index is 12.5. The van der Waals surface area contributed by atoms with Gasteiger partial charge >= 0.3 is 0 Å². The Kier molecular flexibility index (Phi) is 5.83. The van der Waals surface area contributed by atoms with Crippen LogP contribution in [0.25, 0.3) is 5.69 Å². The molecule has 1 fully saturated rings. The number of aliphatic hydroxyl groups is 1. The van der Waals surface area contributed by atoms with Gasteiger partial charge in [0, 0.05) is 31.7 Å². The summed E-state index contributed by atoms with van der Waals surface area (Å²) in [5, 5.41) is 16.9. The molecule has 1 saturated heterocycles. The van der Waals surface area contributed by atoms with Crippen LogP contribution in [0.3, 0.4) is 0 Å². The molecule has 25 heavy (non-hydrogen) atoms. The van der Waals surface area contributed by atoms with E-state index in [4.69, 9.17) is 5.10 Å². The van der Waals surface area contributed by atoms with E-state index < -0.39 is 0 Å². The number of likely N-dealkylation sites (tertiary alicyclic amines) is 1. The van der Waals surface area contributed by atoms with E-state index in [2.05, 4.69) is 10.2 Å². The summed E-state index contributed by atoms with van der Waals surface area (Å²) in [7, 11) is 0. The molecule has 0 aliphatic carbocycles. The number of β-amino-alcohol motifs (C(OH)–C–C–N with tert-alkyl or cyclic N) is 1. The van der Waals surface area contributed by atoms with E-state index in [1.165, 1.54) is 0 Å². The van der Waals surface area contributed by atoms with Gasteiger partial charge in [-0.1, -0.05) is 18.2 Å². The van der Waals surface area contributed by atoms with Crippen molar-refractivity contribution in [2.24, 2.45) is 0 Å². The highest BCUT2D eigenvalue weighted by atomic mass is 16.3. The third-order valence-electron chi connectivity index (χ3n) is 4.65. The molecule has 6 nitrogen and oxygen atoms in total. The van der Waals surface area contributed by atoms with Gasteiger partial charge in [-0.3, -0.25) is 4.79 Å². The highest BCUT2D eigenvalue weighted by Crippen LogP contribution is 2.29. The number of piperidine rings is 1. The SMILES string of the molecule is CCNC(=O)c1cn(-c2ccccc2)nc1[C@@H]1CCCN(CCO)C1. The summed E-state index contributed by atoms with van der Waals surface area (Å²) in [6.45, 7) is 5.17. The number of hydrogen-bond acceptors (Lipinski definition) is 4. The first-order valence-corrected chi connectivity index (χ1v) is 8.99. The van der Waals surface area contributed by atoms with E-state index in [9.17, 15) is 9.90 Å². The number of aliphatic hydroxyl groups excluding tert-OH is 1. The molecular weight excluding hydrogens is 316 g/mol. The lowest BCUT2D eigenvalue weighted by atomic mass is 9.92. The average molecular weight is 342 g/mol. The first kappa shape index (κ1) is 17.6. The largest absolute Gasteiger partial charge is 0.395 e. The normalized spacial score (nSPS) is 18.2. The average Bonchev–Trinajstić information content (AvgIpc) is 3.09. The Morgan fingerprint density at radius 3 is 2.88 bits per heavy atom. The van der Waals surface area contributed by atoms with E-state index in [0.29, 0.717) is 18.7 Å². The molecule has 1 aliphatic heterocycles. The molecular formula is C19H26N4O2. The van der Waals surface area contributed by atoms with Crippen molar-refractivity contribution >= 4 is 5.91 Å². The van der Waals surface area contributed by atoms with Crippen LogP contribution in [0, 0.1) is 0 Å². The lowest BCUT2D eigenvalue weighted by Crippen LogP contribution is -2.37. The Morgan fingerprint density at radius 1 is 1.36 bits per heavy atom. The fourth-order valence-corrected chi connectivity index (χ4v) is 3.46. The van der Waals surface area contributed by atoms with E-state index in [1.54, 1.807) is 4.68 Å². The Morgan fingerprint density at radius 2 is 2.16 bits per heavy atom. The lowest BCUT2D eigenvalue weighted by molar-refractivity contribution is 0.0952. The summed E-state index contributed by atoms with van der Waals surface area (Å²) in [4.78, 5) is 14.8. The number of amides is 1. The van der Waals surface area contributed by atoms with Gasteiger partial charge in [0.2, 0.25) is 0 Å². The third kappa shape index (κ3) is 4.08. The molecule has 1 aromatic carbocycles. The number of carbonyl (C=O) groups excluding carboxylic acids is 1. The fraction of sp³-hybridized carbons (Fsp3) is 0.474. The quantitative estimate of drug-likeness (QED) is 0.840. The van der Waals surface area contributed by atoms with Crippen molar-refractivity contribution in [1.82, 2.24) is 20.0 Å². The van der Waals surface area contributed by atoms with Crippen molar-refractivity contribution in [3.63, 3.8) is 0 Å². The molecule has 1 aromatic heterocycles. The maximum absolute atomic E-state index is 12.5. The molecule has 0 unspecified atom stereocenters. The van der Waals surface area contributed by atoms with E-state index in [1.807, 2.05) is 43.5 Å². The molecule has 0 bridgehead atoms. The monoisotopic (exact) mass is 342 g/mol. The van der Waals surface area contributed by atoms with Gasteiger partial charge in [0.15, 0.2) is 0 Å². The number of rotatable bonds is 6. The molecule has 1 aliphatic rings. The molecule has 1 amide bonds. The Balaban J connectivity index is 1.93. The van der Waals surface area contributed by atoms with Crippen LogP contribution < -0.4 is 5.32 Å². The molecule has 0 spiro atoms. The molecule has 2 heterocycles.